The van der Waals surface area contributed by atoms with E-state index in [9.17, 15) is 4.79 Å². The fourth-order valence-corrected chi connectivity index (χ4v) is 8.63. The molecule has 1 aromatic rings. The molecule has 2 heterocycles. The summed E-state index contributed by atoms with van der Waals surface area (Å²) in [6.07, 6.45) is 13.8. The smallest absolute Gasteiger partial charge is 0.326 e. The lowest BCUT2D eigenvalue weighted by molar-refractivity contribution is 0.000914. The Kier molecular flexibility index (Phi) is 8.78. The highest BCUT2D eigenvalue weighted by Gasteiger charge is 2.53. The summed E-state index contributed by atoms with van der Waals surface area (Å²) in [6.45, 7) is 19.4. The van der Waals surface area contributed by atoms with Gasteiger partial charge in [0.15, 0.2) is 0 Å². The van der Waals surface area contributed by atoms with Gasteiger partial charge in [0.2, 0.25) is 0 Å². The van der Waals surface area contributed by atoms with E-state index in [-0.39, 0.29) is 23.4 Å². The zero-order chi connectivity index (χ0) is 31.2. The number of ether oxygens (including phenoxy) is 1. The Labute approximate surface area is 266 Å². The molecular formula is C38H56N4O2. The highest BCUT2D eigenvalue weighted by Crippen LogP contribution is 2.46. The average molecular weight is 601 g/mol. The molecule has 1 aromatic carbocycles. The maximum atomic E-state index is 14.9. The predicted octanol–water partition coefficient (Wildman–Crippen LogP) is 7.93. The summed E-state index contributed by atoms with van der Waals surface area (Å²) < 4.78 is 6.32. The van der Waals surface area contributed by atoms with Gasteiger partial charge in [0.1, 0.15) is 11.6 Å². The van der Waals surface area contributed by atoms with E-state index in [0.717, 1.165) is 67.6 Å². The SMILES string of the molecule is CCOC1=CC(C(C)(C)C)=CCC1C1=NC(C)[C@@](C)(c2ccc(C)cc2)N1C(=O)N1CCN(C2CCC2C2CCCC2)CC1. The second kappa shape index (κ2) is 12.3. The fourth-order valence-electron chi connectivity index (χ4n) is 8.63. The minimum Gasteiger partial charge on any atom is -0.497 e. The zero-order valence-corrected chi connectivity index (χ0v) is 28.4. The maximum absolute atomic E-state index is 14.9. The van der Waals surface area contributed by atoms with Crippen LogP contribution in [0.25, 0.3) is 0 Å². The van der Waals surface area contributed by atoms with E-state index in [1.165, 1.54) is 49.7 Å². The van der Waals surface area contributed by atoms with Gasteiger partial charge in [-0.2, -0.15) is 0 Å². The predicted molar refractivity (Wildman–Crippen MR) is 180 cm³/mol. The number of aliphatic imine (C=N–C) groups is 1. The number of benzene rings is 1. The number of urea groups is 1. The lowest BCUT2D eigenvalue weighted by atomic mass is 9.70. The van der Waals surface area contributed by atoms with Gasteiger partial charge < -0.3 is 9.64 Å². The van der Waals surface area contributed by atoms with Gasteiger partial charge in [-0.25, -0.2) is 4.79 Å². The van der Waals surface area contributed by atoms with E-state index >= 15 is 0 Å². The number of amidine groups is 1. The van der Waals surface area contributed by atoms with Crippen molar-refractivity contribution in [3.05, 3.63) is 58.9 Å². The largest absolute Gasteiger partial charge is 0.497 e. The molecule has 0 bridgehead atoms. The molecule has 6 rings (SSSR count). The number of aryl methyl sites for hydroxylation is 1. The van der Waals surface area contributed by atoms with Crippen molar-refractivity contribution in [2.45, 2.75) is 111 Å². The third-order valence-electron chi connectivity index (χ3n) is 11.7. The summed E-state index contributed by atoms with van der Waals surface area (Å²) in [5, 5.41) is 0. The van der Waals surface area contributed by atoms with Crippen LogP contribution in [0.3, 0.4) is 0 Å². The third kappa shape index (κ3) is 5.65. The van der Waals surface area contributed by atoms with Crippen LogP contribution in [0.15, 0.2) is 52.7 Å². The Balaban J connectivity index is 1.27. The van der Waals surface area contributed by atoms with Crippen molar-refractivity contribution in [1.82, 2.24) is 14.7 Å². The normalized spacial score (nSPS) is 31.8. The summed E-state index contributed by atoms with van der Waals surface area (Å²) in [5.41, 5.74) is 3.09. The number of piperazine rings is 1. The van der Waals surface area contributed by atoms with Crippen LogP contribution in [0.5, 0.6) is 0 Å². The van der Waals surface area contributed by atoms with Crippen LogP contribution in [0.1, 0.15) is 97.6 Å². The Hall–Kier alpha value is -2.60. The molecule has 6 heteroatoms. The van der Waals surface area contributed by atoms with Crippen LogP contribution in [-0.4, -0.2) is 71.4 Å². The molecule has 44 heavy (non-hydrogen) atoms. The van der Waals surface area contributed by atoms with E-state index in [1.54, 1.807) is 0 Å². The molecule has 2 aliphatic heterocycles. The lowest BCUT2D eigenvalue weighted by Gasteiger charge is -2.50. The van der Waals surface area contributed by atoms with Gasteiger partial charge in [0.05, 0.1) is 24.1 Å². The molecule has 2 saturated carbocycles. The molecule has 2 amide bonds. The molecule has 0 aromatic heterocycles. The summed E-state index contributed by atoms with van der Waals surface area (Å²) >= 11 is 0. The van der Waals surface area contributed by atoms with Gasteiger partial charge in [-0.3, -0.25) is 14.8 Å². The Morgan fingerprint density at radius 2 is 1.70 bits per heavy atom. The van der Waals surface area contributed by atoms with Gasteiger partial charge in [0, 0.05) is 32.2 Å². The summed E-state index contributed by atoms with van der Waals surface area (Å²) in [6, 6.07) is 9.46. The Morgan fingerprint density at radius 1 is 1.02 bits per heavy atom. The Morgan fingerprint density at radius 3 is 2.30 bits per heavy atom. The van der Waals surface area contributed by atoms with Crippen molar-refractivity contribution < 1.29 is 9.53 Å². The van der Waals surface area contributed by atoms with Gasteiger partial charge in [0.25, 0.3) is 0 Å². The highest BCUT2D eigenvalue weighted by molar-refractivity contribution is 6.03. The minimum absolute atomic E-state index is 0.0287. The maximum Gasteiger partial charge on any atom is 0.326 e. The monoisotopic (exact) mass is 600 g/mol. The number of hydrogen-bond acceptors (Lipinski definition) is 4. The molecule has 5 atom stereocenters. The second-order valence-corrected chi connectivity index (χ2v) is 15.3. The fraction of sp³-hybridized carbons (Fsp3) is 0.684. The quantitative estimate of drug-likeness (QED) is 0.333. The molecule has 3 aliphatic carbocycles. The van der Waals surface area contributed by atoms with Crippen LogP contribution in [0.2, 0.25) is 0 Å². The average Bonchev–Trinajstić information content (AvgIpc) is 3.59. The van der Waals surface area contributed by atoms with Gasteiger partial charge in [-0.1, -0.05) is 82.4 Å². The standard InChI is InChI=1S/C38H56N4O2/c1-8-44-34-25-30(37(4,5)6)17-18-32(34)35-39-27(3)38(7,29-15-13-26(2)14-16-29)42(35)36(43)41-23-21-40(22-24-41)33-20-19-31(33)28-11-9-10-12-28/h13-17,25,27-28,31-33H,8-12,18-24H2,1-7H3/t27?,31?,32?,33?,38-/m0/s1. The molecule has 3 fully saturated rings. The molecule has 6 nitrogen and oxygen atoms in total. The van der Waals surface area contributed by atoms with Crippen molar-refractivity contribution in [2.24, 2.45) is 28.2 Å². The van der Waals surface area contributed by atoms with Gasteiger partial charge in [-0.15, -0.1) is 0 Å². The molecule has 4 unspecified atom stereocenters. The zero-order valence-electron chi connectivity index (χ0n) is 28.4. The van der Waals surface area contributed by atoms with E-state index < -0.39 is 5.54 Å². The van der Waals surface area contributed by atoms with Crippen LogP contribution in [0.4, 0.5) is 4.79 Å². The van der Waals surface area contributed by atoms with E-state index in [4.69, 9.17) is 9.73 Å². The highest BCUT2D eigenvalue weighted by atomic mass is 16.5. The summed E-state index contributed by atoms with van der Waals surface area (Å²) in [7, 11) is 0. The van der Waals surface area contributed by atoms with Gasteiger partial charge >= 0.3 is 6.03 Å². The number of allylic oxidation sites excluding steroid dienone is 3. The number of amides is 2. The van der Waals surface area contributed by atoms with Gasteiger partial charge in [-0.05, 0) is 81.4 Å². The molecule has 5 aliphatic rings. The molecule has 1 saturated heterocycles. The Bertz CT molecular complexity index is 1290. The second-order valence-electron chi connectivity index (χ2n) is 15.3. The minimum atomic E-state index is -0.579. The first-order valence-electron chi connectivity index (χ1n) is 17.6. The first-order valence-corrected chi connectivity index (χ1v) is 17.6. The molecular weight excluding hydrogens is 544 g/mol. The number of hydrogen-bond donors (Lipinski definition) is 0. The molecule has 240 valence electrons. The lowest BCUT2D eigenvalue weighted by Crippen LogP contribution is -2.62. The van der Waals surface area contributed by atoms with Crippen molar-refractivity contribution in [2.75, 3.05) is 32.8 Å². The van der Waals surface area contributed by atoms with E-state index in [1.807, 2.05) is 6.92 Å². The third-order valence-corrected chi connectivity index (χ3v) is 11.7. The summed E-state index contributed by atoms with van der Waals surface area (Å²) in [4.78, 5) is 27.1. The van der Waals surface area contributed by atoms with Crippen molar-refractivity contribution >= 4 is 11.9 Å². The van der Waals surface area contributed by atoms with Crippen molar-refractivity contribution in [1.29, 1.82) is 0 Å². The van der Waals surface area contributed by atoms with E-state index in [0.29, 0.717) is 6.61 Å². The van der Waals surface area contributed by atoms with E-state index in [2.05, 4.69) is 92.7 Å². The number of rotatable bonds is 6. The molecule has 0 N–H and O–H groups in total. The number of nitrogens with zero attached hydrogens (tertiary/aromatic N) is 4. The summed E-state index contributed by atoms with van der Waals surface area (Å²) in [5.74, 6) is 3.53. The molecule has 0 radical (unpaired) electrons. The van der Waals surface area contributed by atoms with Crippen LogP contribution >= 0.6 is 0 Å². The van der Waals surface area contributed by atoms with Crippen molar-refractivity contribution in [3.63, 3.8) is 0 Å². The number of carbonyl (C=O) groups excluding carboxylic acids is 1. The molecule has 0 spiro atoms. The number of carbonyl (C=O) groups is 1. The topological polar surface area (TPSA) is 48.4 Å². The van der Waals surface area contributed by atoms with Crippen LogP contribution < -0.4 is 0 Å². The first kappa shape index (κ1) is 31.4. The first-order chi connectivity index (χ1) is 21.0. The van der Waals surface area contributed by atoms with Crippen LogP contribution in [0, 0.1) is 30.1 Å². The van der Waals surface area contributed by atoms with Crippen molar-refractivity contribution in [3.8, 4) is 0 Å². The van der Waals surface area contributed by atoms with Crippen LogP contribution in [-0.2, 0) is 10.3 Å².